The van der Waals surface area contributed by atoms with Crippen molar-refractivity contribution in [3.05, 3.63) is 20.8 Å². The zero-order valence-electron chi connectivity index (χ0n) is 33.5. The van der Waals surface area contributed by atoms with Gasteiger partial charge in [0.25, 0.3) is 0 Å². The molecule has 0 aliphatic carbocycles. The predicted octanol–water partition coefficient (Wildman–Crippen LogP) is 7.41. The van der Waals surface area contributed by atoms with E-state index in [0.29, 0.717) is 17.3 Å². The molecule has 315 valence electrons. The molecule has 0 bridgehead atoms. The van der Waals surface area contributed by atoms with Crippen LogP contribution in [-0.2, 0) is 159 Å². The third-order valence-electron chi connectivity index (χ3n) is 9.75. The third-order valence-corrected chi connectivity index (χ3v) is 22.3. The minimum absolute atomic E-state index is 0. The molecule has 0 amide bonds. The maximum atomic E-state index is 11.7. The first-order valence-electron chi connectivity index (χ1n) is 18.9. The predicted molar refractivity (Wildman–Crippen MR) is 225 cm³/mol. The van der Waals surface area contributed by atoms with E-state index in [9.17, 15) is 25.3 Å². The smallest absolute Gasteiger partial charge is 0.0464 e. The summed E-state index contributed by atoms with van der Waals surface area (Å²) in [5.41, 5.74) is 0. The van der Waals surface area contributed by atoms with E-state index in [2.05, 4.69) is 29.5 Å². The second-order valence-corrected chi connectivity index (χ2v) is 28.1. The largest absolute Gasteiger partial charge is 0.328 e. The van der Waals surface area contributed by atoms with Gasteiger partial charge in [-0.1, -0.05) is 73.5 Å². The minimum atomic E-state index is -2.27. The Labute approximate surface area is 414 Å². The van der Waals surface area contributed by atoms with Gasteiger partial charge in [0.1, 0.15) is 0 Å². The number of nitrogens with zero attached hydrogens (tertiary/aromatic N) is 2. The van der Waals surface area contributed by atoms with Crippen molar-refractivity contribution in [1.82, 2.24) is 0 Å². The van der Waals surface area contributed by atoms with Crippen molar-refractivity contribution in [2.45, 2.75) is 131 Å². The van der Waals surface area contributed by atoms with Gasteiger partial charge in [-0.3, -0.25) is 26.4 Å². The zero-order chi connectivity index (χ0) is 38.4. The Morgan fingerprint density at radius 1 is 0.519 bits per heavy atom. The molecule has 0 aromatic rings. The van der Waals surface area contributed by atoms with Crippen LogP contribution >= 0.6 is 0 Å². The van der Waals surface area contributed by atoms with E-state index >= 15 is 0 Å². The quantitative estimate of drug-likeness (QED) is 0.239. The van der Waals surface area contributed by atoms with Crippen LogP contribution in [0.3, 0.4) is 0 Å². The summed E-state index contributed by atoms with van der Waals surface area (Å²) in [6, 6.07) is 0. The topological polar surface area (TPSA) is 175 Å². The van der Waals surface area contributed by atoms with Crippen molar-refractivity contribution in [1.29, 1.82) is 9.56 Å². The maximum Gasteiger partial charge on any atom is 0.0464 e. The van der Waals surface area contributed by atoms with E-state index < -0.39 is 60.5 Å². The van der Waals surface area contributed by atoms with Crippen LogP contribution in [0.2, 0.25) is 0 Å². The van der Waals surface area contributed by atoms with Crippen molar-refractivity contribution in [2.24, 2.45) is 8.73 Å². The summed E-state index contributed by atoms with van der Waals surface area (Å²) in [6.45, 7) is 11.3. The van der Waals surface area contributed by atoms with E-state index in [4.69, 9.17) is 9.56 Å². The molecule has 6 unspecified atom stereocenters. The average Bonchev–Trinajstić information content (AvgIpc) is 3.11. The maximum absolute atomic E-state index is 11.7. The Hall–Kier alpha value is 3.41. The van der Waals surface area contributed by atoms with Crippen LogP contribution in [0.1, 0.15) is 116 Å². The summed E-state index contributed by atoms with van der Waals surface area (Å²) in [5.74, 6) is 7.10. The monoisotopic (exact) mass is 1100 g/mol. The van der Waals surface area contributed by atoms with Gasteiger partial charge in [-0.2, -0.15) is 0 Å². The van der Waals surface area contributed by atoms with E-state index in [1.54, 1.807) is 14.1 Å². The normalized spacial score (nSPS) is 32.5. The van der Waals surface area contributed by atoms with Crippen molar-refractivity contribution < 1.29 is 123 Å². The van der Waals surface area contributed by atoms with Gasteiger partial charge in [0.05, 0.1) is 0 Å². The molecule has 6 heterocycles. The molecule has 0 spiro atoms. The van der Waals surface area contributed by atoms with E-state index in [1.807, 2.05) is 0 Å². The second-order valence-electron chi connectivity index (χ2n) is 14.1. The minimum Gasteiger partial charge on any atom is -0.328 e. The molecule has 6 aliphatic rings. The summed E-state index contributed by atoms with van der Waals surface area (Å²) in [6.07, 6.45) is 19.9. The number of nitrogens with one attached hydrogen (secondary N) is 2. The Bertz CT molecular complexity index is 1480. The van der Waals surface area contributed by atoms with Crippen LogP contribution in [0.5, 0.6) is 0 Å². The van der Waals surface area contributed by atoms with Gasteiger partial charge in [0.2, 0.25) is 0 Å². The average molecular weight is 1100 g/mol. The molecule has 10 nitrogen and oxygen atoms in total. The molecule has 6 saturated heterocycles. The van der Waals surface area contributed by atoms with Gasteiger partial charge in [-0.05, 0) is 68.6 Å². The Morgan fingerprint density at radius 2 is 0.944 bits per heavy atom. The molecule has 6 rings (SSSR count). The van der Waals surface area contributed by atoms with Crippen molar-refractivity contribution in [2.75, 3.05) is 65.9 Å². The second kappa shape index (κ2) is 34.0. The molecular formula is C35H71N4O6S6Y3-3. The molecule has 0 aromatic carbocycles. The molecule has 2 N–H and O–H groups in total. The zero-order valence-corrected chi connectivity index (χ0v) is 46.9. The van der Waals surface area contributed by atoms with Crippen molar-refractivity contribution in [3.63, 3.8) is 0 Å². The number of hydrogen-bond donors (Lipinski definition) is 2. The van der Waals surface area contributed by atoms with E-state index in [1.165, 1.54) is 44.9 Å². The number of hydrogen-bond acceptors (Lipinski definition) is 10. The molecule has 19 heteroatoms. The Morgan fingerprint density at radius 3 is 1.22 bits per heavy atom. The molecule has 6 aliphatic heterocycles. The van der Waals surface area contributed by atoms with Gasteiger partial charge in [-0.15, -0.1) is 0 Å². The van der Waals surface area contributed by atoms with Crippen LogP contribution in [-0.4, -0.2) is 107 Å². The summed E-state index contributed by atoms with van der Waals surface area (Å²) in [5, 5.41) is 0.196. The summed E-state index contributed by atoms with van der Waals surface area (Å²) >= 11 is 0. The molecule has 54 heavy (non-hydrogen) atoms. The van der Waals surface area contributed by atoms with Gasteiger partial charge in [-0.25, -0.2) is 17.1 Å². The van der Waals surface area contributed by atoms with Gasteiger partial charge < -0.3 is 20.8 Å². The Kier molecular flexibility index (Phi) is 38.8. The summed E-state index contributed by atoms with van der Waals surface area (Å²) in [4.78, 5) is 0. The van der Waals surface area contributed by atoms with Gasteiger partial charge in [0, 0.05) is 214 Å². The van der Waals surface area contributed by atoms with Crippen molar-refractivity contribution >= 4 is 60.5 Å². The SMILES string of the molecule is CN=S1(=O)CCCCC1.N=S1(=O)CCCCC1.O=S1CCCCC1.[CH2-]C1CCCCS1(=N)=O.[CH2-]C1CCCCS1(=O)=NC.[CH2-]C1CCCCS1=O.[Y].[Y].[Y]. The number of rotatable bonds is 0. The summed E-state index contributed by atoms with van der Waals surface area (Å²) < 4.78 is 88.8. The van der Waals surface area contributed by atoms with E-state index in [0.717, 1.165) is 105 Å². The summed E-state index contributed by atoms with van der Waals surface area (Å²) in [7, 11) is -5.67. The molecule has 3 radical (unpaired) electrons. The standard InChI is InChI=1S/C7H14NOS.C6H13NOS.C6H12NOS.C6H11OS.C5H11NOS.C5H10OS.3Y/c1-7-5-3-4-6-10(7,9)8-2;1-7-9(8)5-3-2-4-6-9;1-6-4-2-3-5-9(6,7)8;1-6-4-2-3-5-8(6)7;6-8(7)4-2-1-3-5-8;6-7-4-2-1-3-5-7;;;/h7H,1,3-6H2,2H3;2-6H2,1H3;6-7H,1-5H2;2*6H,1-5H2;1-5H2;;;/q-1;;2*-1;;;;;. The van der Waals surface area contributed by atoms with Crippen LogP contribution in [0.4, 0.5) is 0 Å². The first-order chi connectivity index (χ1) is 24.0. The van der Waals surface area contributed by atoms with Crippen LogP contribution < -0.4 is 0 Å². The van der Waals surface area contributed by atoms with Gasteiger partial charge >= 0.3 is 0 Å². The third kappa shape index (κ3) is 28.1. The molecule has 0 aromatic heterocycles. The fourth-order valence-corrected chi connectivity index (χ4v) is 15.5. The molecular weight excluding hydrogens is 1030 g/mol. The van der Waals surface area contributed by atoms with E-state index in [-0.39, 0.29) is 114 Å². The van der Waals surface area contributed by atoms with Crippen LogP contribution in [0, 0.1) is 30.3 Å². The van der Waals surface area contributed by atoms with Crippen LogP contribution in [0.25, 0.3) is 0 Å². The van der Waals surface area contributed by atoms with Crippen LogP contribution in [0.15, 0.2) is 8.73 Å². The molecule has 0 saturated carbocycles. The van der Waals surface area contributed by atoms with Gasteiger partial charge in [0.15, 0.2) is 0 Å². The van der Waals surface area contributed by atoms with Crippen molar-refractivity contribution in [3.8, 4) is 0 Å². The molecule has 6 fully saturated rings. The first kappa shape index (κ1) is 61.7. The Balaban J connectivity index is -0.000000573. The fraction of sp³-hybridized carbons (Fsp3) is 0.914. The first-order valence-corrected chi connectivity index (χ1v) is 29.1. The molecule has 6 atom stereocenters. The fourth-order valence-electron chi connectivity index (χ4n) is 6.10.